The molecule has 2 aliphatic heterocycles. The molecule has 0 amide bonds. The van der Waals surface area contributed by atoms with Crippen molar-refractivity contribution in [3.05, 3.63) is 0 Å². The standard InChI is InChI=1S/C12H23NO2/c1-10-8-11(5-7-14-10)13-9-12-4-2-3-6-15-12/h10-13H,2-9H2,1H3. The molecule has 0 aromatic heterocycles. The summed E-state index contributed by atoms with van der Waals surface area (Å²) in [5, 5.41) is 3.62. The smallest absolute Gasteiger partial charge is 0.0699 e. The zero-order chi connectivity index (χ0) is 10.5. The highest BCUT2D eigenvalue weighted by Gasteiger charge is 2.20. The Morgan fingerprint density at radius 3 is 2.80 bits per heavy atom. The van der Waals surface area contributed by atoms with Crippen LogP contribution in [0.4, 0.5) is 0 Å². The van der Waals surface area contributed by atoms with Crippen LogP contribution in [0.3, 0.4) is 0 Å². The van der Waals surface area contributed by atoms with Gasteiger partial charge in [0.15, 0.2) is 0 Å². The van der Waals surface area contributed by atoms with Crippen LogP contribution in [0.1, 0.15) is 39.0 Å². The first-order valence-corrected chi connectivity index (χ1v) is 6.31. The van der Waals surface area contributed by atoms with Crippen molar-refractivity contribution in [2.24, 2.45) is 0 Å². The van der Waals surface area contributed by atoms with Gasteiger partial charge in [-0.3, -0.25) is 0 Å². The fourth-order valence-electron chi connectivity index (χ4n) is 2.45. The van der Waals surface area contributed by atoms with Gasteiger partial charge in [-0.05, 0) is 39.0 Å². The van der Waals surface area contributed by atoms with Gasteiger partial charge in [-0.25, -0.2) is 0 Å². The Hall–Kier alpha value is -0.120. The van der Waals surface area contributed by atoms with Crippen LogP contribution < -0.4 is 5.32 Å². The third-order valence-corrected chi connectivity index (χ3v) is 3.39. The molecule has 2 saturated heterocycles. The molecule has 2 aliphatic rings. The molecule has 2 rings (SSSR count). The maximum absolute atomic E-state index is 5.70. The lowest BCUT2D eigenvalue weighted by atomic mass is 10.0. The van der Waals surface area contributed by atoms with Gasteiger partial charge in [0.2, 0.25) is 0 Å². The molecule has 0 bridgehead atoms. The summed E-state index contributed by atoms with van der Waals surface area (Å²) in [7, 11) is 0. The van der Waals surface area contributed by atoms with Gasteiger partial charge < -0.3 is 14.8 Å². The Kier molecular flexibility index (Phi) is 4.42. The molecule has 0 aromatic rings. The first-order chi connectivity index (χ1) is 7.34. The summed E-state index contributed by atoms with van der Waals surface area (Å²) >= 11 is 0. The Labute approximate surface area is 92.5 Å². The van der Waals surface area contributed by atoms with Crippen molar-refractivity contribution in [1.29, 1.82) is 0 Å². The molecule has 2 fully saturated rings. The van der Waals surface area contributed by atoms with Crippen molar-refractivity contribution in [3.63, 3.8) is 0 Å². The molecule has 3 heteroatoms. The second-order valence-electron chi connectivity index (χ2n) is 4.80. The number of hydrogen-bond donors (Lipinski definition) is 1. The number of ether oxygens (including phenoxy) is 2. The van der Waals surface area contributed by atoms with Crippen molar-refractivity contribution in [3.8, 4) is 0 Å². The average Bonchev–Trinajstić information content (AvgIpc) is 2.28. The molecule has 1 N–H and O–H groups in total. The largest absolute Gasteiger partial charge is 0.378 e. The third kappa shape index (κ3) is 3.74. The summed E-state index contributed by atoms with van der Waals surface area (Å²) < 4.78 is 11.2. The number of rotatable bonds is 3. The van der Waals surface area contributed by atoms with E-state index in [0.29, 0.717) is 18.2 Å². The van der Waals surface area contributed by atoms with E-state index >= 15 is 0 Å². The molecule has 0 spiro atoms. The topological polar surface area (TPSA) is 30.5 Å². The summed E-state index contributed by atoms with van der Waals surface area (Å²) in [6.45, 7) is 5.04. The fourth-order valence-corrected chi connectivity index (χ4v) is 2.45. The van der Waals surface area contributed by atoms with Crippen LogP contribution in [-0.4, -0.2) is 38.0 Å². The normalized spacial score (nSPS) is 37.8. The molecule has 0 aliphatic carbocycles. The molecule has 0 radical (unpaired) electrons. The molecule has 3 nitrogen and oxygen atoms in total. The number of nitrogens with one attached hydrogen (secondary N) is 1. The first-order valence-electron chi connectivity index (χ1n) is 6.31. The van der Waals surface area contributed by atoms with Gasteiger partial charge in [0, 0.05) is 25.8 Å². The minimum absolute atomic E-state index is 0.420. The zero-order valence-electron chi connectivity index (χ0n) is 9.71. The lowest BCUT2D eigenvalue weighted by molar-refractivity contribution is -0.00372. The zero-order valence-corrected chi connectivity index (χ0v) is 9.71. The predicted molar refractivity (Wildman–Crippen MR) is 60.0 cm³/mol. The highest BCUT2D eigenvalue weighted by atomic mass is 16.5. The van der Waals surface area contributed by atoms with E-state index in [-0.39, 0.29) is 0 Å². The van der Waals surface area contributed by atoms with E-state index in [1.807, 2.05) is 0 Å². The lowest BCUT2D eigenvalue weighted by Crippen LogP contribution is -2.42. The van der Waals surface area contributed by atoms with Crippen LogP contribution in [0.5, 0.6) is 0 Å². The van der Waals surface area contributed by atoms with Gasteiger partial charge in [-0.2, -0.15) is 0 Å². The van der Waals surface area contributed by atoms with Crippen LogP contribution in [0, 0.1) is 0 Å². The Balaban J connectivity index is 1.63. The third-order valence-electron chi connectivity index (χ3n) is 3.39. The van der Waals surface area contributed by atoms with Crippen molar-refractivity contribution in [1.82, 2.24) is 5.32 Å². The van der Waals surface area contributed by atoms with Crippen LogP contribution in [0.25, 0.3) is 0 Å². The Bertz CT molecular complexity index is 180. The molecular formula is C12H23NO2. The second kappa shape index (κ2) is 5.83. The fraction of sp³-hybridized carbons (Fsp3) is 1.00. The van der Waals surface area contributed by atoms with E-state index in [1.165, 1.54) is 19.3 Å². The minimum Gasteiger partial charge on any atom is -0.378 e. The molecule has 3 atom stereocenters. The van der Waals surface area contributed by atoms with E-state index in [4.69, 9.17) is 9.47 Å². The van der Waals surface area contributed by atoms with Crippen LogP contribution in [-0.2, 0) is 9.47 Å². The van der Waals surface area contributed by atoms with E-state index in [1.54, 1.807) is 0 Å². The molecule has 0 aromatic carbocycles. The quantitative estimate of drug-likeness (QED) is 0.774. The SMILES string of the molecule is CC1CC(NCC2CCCCO2)CCO1. The van der Waals surface area contributed by atoms with E-state index in [9.17, 15) is 0 Å². The van der Waals surface area contributed by atoms with Crippen LogP contribution in [0.2, 0.25) is 0 Å². The second-order valence-corrected chi connectivity index (χ2v) is 4.80. The highest BCUT2D eigenvalue weighted by molar-refractivity contribution is 4.77. The maximum atomic E-state index is 5.70. The number of hydrogen-bond acceptors (Lipinski definition) is 3. The molecule has 0 saturated carbocycles. The predicted octanol–water partition coefficient (Wildman–Crippen LogP) is 1.71. The Morgan fingerprint density at radius 2 is 2.07 bits per heavy atom. The van der Waals surface area contributed by atoms with Gasteiger partial charge in [-0.1, -0.05) is 0 Å². The Morgan fingerprint density at radius 1 is 1.13 bits per heavy atom. The first kappa shape index (κ1) is 11.4. The van der Waals surface area contributed by atoms with Gasteiger partial charge in [0.1, 0.15) is 0 Å². The van der Waals surface area contributed by atoms with Crippen molar-refractivity contribution in [2.45, 2.75) is 57.3 Å². The summed E-state index contributed by atoms with van der Waals surface area (Å²) in [6.07, 6.45) is 6.97. The molecule has 88 valence electrons. The van der Waals surface area contributed by atoms with E-state index < -0.39 is 0 Å². The summed E-state index contributed by atoms with van der Waals surface area (Å²) in [6, 6.07) is 0.638. The van der Waals surface area contributed by atoms with Crippen molar-refractivity contribution < 1.29 is 9.47 Å². The summed E-state index contributed by atoms with van der Waals surface area (Å²) in [4.78, 5) is 0. The van der Waals surface area contributed by atoms with Gasteiger partial charge in [0.05, 0.1) is 12.2 Å². The molecular weight excluding hydrogens is 190 g/mol. The monoisotopic (exact) mass is 213 g/mol. The lowest BCUT2D eigenvalue weighted by Gasteiger charge is -2.30. The molecule has 15 heavy (non-hydrogen) atoms. The van der Waals surface area contributed by atoms with Crippen molar-refractivity contribution >= 4 is 0 Å². The highest BCUT2D eigenvalue weighted by Crippen LogP contribution is 2.15. The van der Waals surface area contributed by atoms with Gasteiger partial charge in [-0.15, -0.1) is 0 Å². The van der Waals surface area contributed by atoms with Crippen LogP contribution in [0.15, 0.2) is 0 Å². The van der Waals surface area contributed by atoms with Crippen molar-refractivity contribution in [2.75, 3.05) is 19.8 Å². The summed E-state index contributed by atoms with van der Waals surface area (Å²) in [5.41, 5.74) is 0. The minimum atomic E-state index is 0.420. The maximum Gasteiger partial charge on any atom is 0.0699 e. The van der Waals surface area contributed by atoms with Crippen LogP contribution >= 0.6 is 0 Å². The average molecular weight is 213 g/mol. The van der Waals surface area contributed by atoms with Gasteiger partial charge >= 0.3 is 0 Å². The van der Waals surface area contributed by atoms with E-state index in [0.717, 1.165) is 32.6 Å². The van der Waals surface area contributed by atoms with Gasteiger partial charge in [0.25, 0.3) is 0 Å². The summed E-state index contributed by atoms with van der Waals surface area (Å²) in [5.74, 6) is 0. The van der Waals surface area contributed by atoms with E-state index in [2.05, 4.69) is 12.2 Å². The molecule has 2 heterocycles. The molecule has 3 unspecified atom stereocenters.